The standard InChI is InChI=1S/C13H16N2O3/c1-17-8-3-4-12-9(5-8)11(7-15-12)10(6-14)13(16)18-2/h3-5,7,10,15H,6,14H2,1-2H3/t10-/m0/s1. The van der Waals surface area contributed by atoms with E-state index >= 15 is 0 Å². The van der Waals surface area contributed by atoms with Gasteiger partial charge in [0.25, 0.3) is 0 Å². The molecule has 0 unspecified atom stereocenters. The topological polar surface area (TPSA) is 77.3 Å². The third kappa shape index (κ3) is 2.04. The predicted molar refractivity (Wildman–Crippen MR) is 68.7 cm³/mol. The lowest BCUT2D eigenvalue weighted by atomic mass is 9.99. The van der Waals surface area contributed by atoms with Gasteiger partial charge in [-0.3, -0.25) is 4.79 Å². The predicted octanol–water partition coefficient (Wildman–Crippen LogP) is 1.39. The quantitative estimate of drug-likeness (QED) is 0.801. The molecule has 0 saturated heterocycles. The number of H-pyrrole nitrogens is 1. The smallest absolute Gasteiger partial charge is 0.314 e. The lowest BCUT2D eigenvalue weighted by molar-refractivity contribution is -0.142. The molecule has 1 aromatic carbocycles. The van der Waals surface area contributed by atoms with Crippen molar-refractivity contribution in [3.8, 4) is 5.75 Å². The van der Waals surface area contributed by atoms with Gasteiger partial charge in [-0.1, -0.05) is 0 Å². The van der Waals surface area contributed by atoms with E-state index in [1.807, 2.05) is 18.2 Å². The van der Waals surface area contributed by atoms with Crippen LogP contribution in [0.5, 0.6) is 5.75 Å². The van der Waals surface area contributed by atoms with Crippen molar-refractivity contribution in [3.05, 3.63) is 30.0 Å². The summed E-state index contributed by atoms with van der Waals surface area (Å²) in [5.41, 5.74) is 7.43. The van der Waals surface area contributed by atoms with E-state index in [4.69, 9.17) is 15.2 Å². The Balaban J connectivity index is 2.52. The zero-order valence-corrected chi connectivity index (χ0v) is 10.4. The molecule has 0 spiro atoms. The Bertz CT molecular complexity index is 562. The molecule has 1 atom stereocenters. The number of hydrogen-bond donors (Lipinski definition) is 2. The Morgan fingerprint density at radius 3 is 2.83 bits per heavy atom. The van der Waals surface area contributed by atoms with Crippen LogP contribution in [0.3, 0.4) is 0 Å². The number of nitrogens with one attached hydrogen (secondary N) is 1. The SMILES string of the molecule is COC(=O)[C@@H](CN)c1c[nH]c2ccc(OC)cc12. The molecule has 2 aromatic rings. The normalized spacial score (nSPS) is 12.4. The summed E-state index contributed by atoms with van der Waals surface area (Å²) in [5.74, 6) is -0.0546. The number of hydrogen-bond acceptors (Lipinski definition) is 4. The first-order chi connectivity index (χ1) is 8.71. The molecule has 3 N–H and O–H groups in total. The van der Waals surface area contributed by atoms with E-state index in [1.165, 1.54) is 7.11 Å². The molecule has 0 saturated carbocycles. The summed E-state index contributed by atoms with van der Waals surface area (Å²) >= 11 is 0. The van der Waals surface area contributed by atoms with Crippen LogP contribution in [0.15, 0.2) is 24.4 Å². The van der Waals surface area contributed by atoms with Crippen LogP contribution in [0.1, 0.15) is 11.5 Å². The Kier molecular flexibility index (Phi) is 3.53. The van der Waals surface area contributed by atoms with E-state index in [-0.39, 0.29) is 12.5 Å². The van der Waals surface area contributed by atoms with Crippen LogP contribution in [-0.2, 0) is 9.53 Å². The fraction of sp³-hybridized carbons (Fsp3) is 0.308. The summed E-state index contributed by atoms with van der Waals surface area (Å²) < 4.78 is 9.95. The molecule has 0 bridgehead atoms. The number of esters is 1. The molecular formula is C13H16N2O3. The number of ether oxygens (including phenoxy) is 2. The van der Waals surface area contributed by atoms with E-state index < -0.39 is 5.92 Å². The van der Waals surface area contributed by atoms with Gasteiger partial charge in [-0.05, 0) is 23.8 Å². The fourth-order valence-corrected chi connectivity index (χ4v) is 2.03. The molecule has 5 nitrogen and oxygen atoms in total. The van der Waals surface area contributed by atoms with Crippen LogP contribution in [-0.4, -0.2) is 31.7 Å². The first-order valence-electron chi connectivity index (χ1n) is 5.64. The van der Waals surface area contributed by atoms with Crippen molar-refractivity contribution in [3.63, 3.8) is 0 Å². The Morgan fingerprint density at radius 1 is 1.44 bits per heavy atom. The van der Waals surface area contributed by atoms with Crippen LogP contribution in [0.25, 0.3) is 10.9 Å². The van der Waals surface area contributed by atoms with Crippen LogP contribution in [0, 0.1) is 0 Å². The van der Waals surface area contributed by atoms with Gasteiger partial charge in [-0.25, -0.2) is 0 Å². The Morgan fingerprint density at radius 2 is 2.22 bits per heavy atom. The summed E-state index contributed by atoms with van der Waals surface area (Å²) in [7, 11) is 2.97. The van der Waals surface area contributed by atoms with Gasteiger partial charge in [-0.2, -0.15) is 0 Å². The summed E-state index contributed by atoms with van der Waals surface area (Å²) in [6.07, 6.45) is 1.79. The third-order valence-corrected chi connectivity index (χ3v) is 3.02. The van der Waals surface area contributed by atoms with Gasteiger partial charge < -0.3 is 20.2 Å². The molecule has 18 heavy (non-hydrogen) atoms. The Labute approximate surface area is 105 Å². The number of carbonyl (C=O) groups is 1. The molecule has 0 fully saturated rings. The van der Waals surface area contributed by atoms with Gasteiger partial charge >= 0.3 is 5.97 Å². The number of methoxy groups -OCH3 is 2. The maximum atomic E-state index is 11.7. The van der Waals surface area contributed by atoms with E-state index in [9.17, 15) is 4.79 Å². The second-order valence-corrected chi connectivity index (χ2v) is 3.97. The second-order valence-electron chi connectivity index (χ2n) is 3.97. The summed E-state index contributed by atoms with van der Waals surface area (Å²) in [6.45, 7) is 0.205. The van der Waals surface area contributed by atoms with Crippen LogP contribution < -0.4 is 10.5 Å². The minimum atomic E-state index is -0.462. The van der Waals surface area contributed by atoms with Gasteiger partial charge in [0.05, 0.1) is 20.1 Å². The summed E-state index contributed by atoms with van der Waals surface area (Å²) in [4.78, 5) is 14.8. The number of carbonyl (C=O) groups excluding carboxylic acids is 1. The van der Waals surface area contributed by atoms with Crippen LogP contribution in [0.4, 0.5) is 0 Å². The molecule has 0 aliphatic heterocycles. The maximum Gasteiger partial charge on any atom is 0.314 e. The van der Waals surface area contributed by atoms with Gasteiger partial charge in [0.1, 0.15) is 5.75 Å². The molecule has 0 aliphatic carbocycles. The van der Waals surface area contributed by atoms with E-state index in [0.717, 1.165) is 22.2 Å². The van der Waals surface area contributed by atoms with Gasteiger partial charge in [0, 0.05) is 23.6 Å². The highest BCUT2D eigenvalue weighted by Gasteiger charge is 2.23. The number of fused-ring (bicyclic) bond motifs is 1. The first kappa shape index (κ1) is 12.4. The lowest BCUT2D eigenvalue weighted by Gasteiger charge is -2.11. The molecule has 1 aromatic heterocycles. The fourth-order valence-electron chi connectivity index (χ4n) is 2.03. The van der Waals surface area contributed by atoms with E-state index in [1.54, 1.807) is 13.3 Å². The van der Waals surface area contributed by atoms with Gasteiger partial charge in [-0.15, -0.1) is 0 Å². The highest BCUT2D eigenvalue weighted by molar-refractivity contribution is 5.90. The van der Waals surface area contributed by atoms with Crippen molar-refractivity contribution in [1.29, 1.82) is 0 Å². The van der Waals surface area contributed by atoms with Crippen molar-refractivity contribution in [2.45, 2.75) is 5.92 Å². The minimum absolute atomic E-state index is 0.205. The Hall–Kier alpha value is -2.01. The summed E-state index contributed by atoms with van der Waals surface area (Å²) in [6, 6.07) is 5.65. The van der Waals surface area contributed by atoms with Gasteiger partial charge in [0.15, 0.2) is 0 Å². The van der Waals surface area contributed by atoms with Crippen molar-refractivity contribution in [2.24, 2.45) is 5.73 Å². The molecule has 0 radical (unpaired) electrons. The largest absolute Gasteiger partial charge is 0.497 e. The molecule has 0 aliphatic rings. The monoisotopic (exact) mass is 248 g/mol. The molecule has 0 amide bonds. The maximum absolute atomic E-state index is 11.7. The minimum Gasteiger partial charge on any atom is -0.497 e. The van der Waals surface area contributed by atoms with E-state index in [0.29, 0.717) is 0 Å². The van der Waals surface area contributed by atoms with Crippen molar-refractivity contribution < 1.29 is 14.3 Å². The highest BCUT2D eigenvalue weighted by atomic mass is 16.5. The number of aromatic nitrogens is 1. The zero-order chi connectivity index (χ0) is 13.1. The van der Waals surface area contributed by atoms with Gasteiger partial charge in [0.2, 0.25) is 0 Å². The van der Waals surface area contributed by atoms with Crippen molar-refractivity contribution >= 4 is 16.9 Å². The molecule has 5 heteroatoms. The zero-order valence-electron chi connectivity index (χ0n) is 10.4. The van der Waals surface area contributed by atoms with Crippen molar-refractivity contribution in [2.75, 3.05) is 20.8 Å². The number of benzene rings is 1. The number of rotatable bonds is 4. The van der Waals surface area contributed by atoms with Crippen LogP contribution in [0.2, 0.25) is 0 Å². The molecule has 1 heterocycles. The third-order valence-electron chi connectivity index (χ3n) is 3.02. The first-order valence-corrected chi connectivity index (χ1v) is 5.64. The molecular weight excluding hydrogens is 232 g/mol. The number of nitrogens with two attached hydrogens (primary N) is 1. The average Bonchev–Trinajstić information content (AvgIpc) is 2.82. The summed E-state index contributed by atoms with van der Waals surface area (Å²) in [5, 5.41) is 0.926. The highest BCUT2D eigenvalue weighted by Crippen LogP contribution is 2.29. The molecule has 96 valence electrons. The second kappa shape index (κ2) is 5.10. The van der Waals surface area contributed by atoms with E-state index in [2.05, 4.69) is 4.98 Å². The average molecular weight is 248 g/mol. The number of aromatic amines is 1. The lowest BCUT2D eigenvalue weighted by Crippen LogP contribution is -2.22. The molecule has 2 rings (SSSR count). The van der Waals surface area contributed by atoms with Crippen molar-refractivity contribution in [1.82, 2.24) is 4.98 Å². The van der Waals surface area contributed by atoms with Crippen LogP contribution >= 0.6 is 0 Å².